The van der Waals surface area contributed by atoms with E-state index >= 15 is 0 Å². The standard InChI is InChI=1S/C42H50O6/c1-41(2,3)37-25-16-26-42(48-37)40(46-30-35-23-14-7-15-24-35)39(45-29-34-21-12-6-13-22-34)38(44-28-33-19-10-5-11-20-33)36(47-42)31-43-27-32-17-8-4-9-18-32/h4-15,17-24,36-40H,16,25-31H2,1-3H3/t36-,37-,38-,39+,40-,42+/m0/s1. The van der Waals surface area contributed by atoms with E-state index in [2.05, 4.69) is 69.3 Å². The summed E-state index contributed by atoms with van der Waals surface area (Å²) in [5.41, 5.74) is 4.25. The minimum atomic E-state index is -1.04. The van der Waals surface area contributed by atoms with E-state index in [0.717, 1.165) is 35.1 Å². The van der Waals surface area contributed by atoms with Crippen LogP contribution in [0.5, 0.6) is 0 Å². The fourth-order valence-corrected chi connectivity index (χ4v) is 6.72. The third-order valence-electron chi connectivity index (χ3n) is 9.31. The summed E-state index contributed by atoms with van der Waals surface area (Å²) in [6.07, 6.45) is 0.558. The summed E-state index contributed by atoms with van der Waals surface area (Å²) < 4.78 is 41.4. The van der Waals surface area contributed by atoms with Gasteiger partial charge in [-0.3, -0.25) is 0 Å². The van der Waals surface area contributed by atoms with Crippen LogP contribution < -0.4 is 0 Å². The van der Waals surface area contributed by atoms with Gasteiger partial charge in [-0.1, -0.05) is 142 Å². The highest BCUT2D eigenvalue weighted by molar-refractivity contribution is 5.17. The summed E-state index contributed by atoms with van der Waals surface area (Å²) in [7, 11) is 0. The van der Waals surface area contributed by atoms with Crippen molar-refractivity contribution in [3.8, 4) is 0 Å². The fraction of sp³-hybridized carbons (Fsp3) is 0.429. The van der Waals surface area contributed by atoms with Gasteiger partial charge in [-0.2, -0.15) is 0 Å². The largest absolute Gasteiger partial charge is 0.374 e. The van der Waals surface area contributed by atoms with Crippen LogP contribution >= 0.6 is 0 Å². The van der Waals surface area contributed by atoms with Gasteiger partial charge in [0, 0.05) is 6.42 Å². The third-order valence-corrected chi connectivity index (χ3v) is 9.31. The first-order valence-electron chi connectivity index (χ1n) is 17.3. The summed E-state index contributed by atoms with van der Waals surface area (Å²) in [6.45, 7) is 8.67. The number of rotatable bonds is 13. The number of hydrogen-bond donors (Lipinski definition) is 0. The van der Waals surface area contributed by atoms with Crippen LogP contribution in [0.2, 0.25) is 0 Å². The zero-order chi connectivity index (χ0) is 33.2. The van der Waals surface area contributed by atoms with E-state index in [9.17, 15) is 0 Å². The Balaban J connectivity index is 1.36. The zero-order valence-electron chi connectivity index (χ0n) is 28.5. The lowest BCUT2D eigenvalue weighted by Crippen LogP contribution is -2.69. The van der Waals surface area contributed by atoms with Gasteiger partial charge < -0.3 is 28.4 Å². The highest BCUT2D eigenvalue weighted by Gasteiger charge is 2.60. The van der Waals surface area contributed by atoms with Crippen LogP contribution in [-0.4, -0.2) is 42.9 Å². The average Bonchev–Trinajstić information content (AvgIpc) is 3.11. The lowest BCUT2D eigenvalue weighted by atomic mass is 9.80. The molecule has 6 heteroatoms. The molecule has 1 spiro atoms. The second-order valence-corrected chi connectivity index (χ2v) is 14.1. The van der Waals surface area contributed by atoms with Gasteiger partial charge in [0.2, 0.25) is 0 Å². The van der Waals surface area contributed by atoms with E-state index in [1.54, 1.807) is 0 Å². The van der Waals surface area contributed by atoms with Gasteiger partial charge in [0.25, 0.3) is 0 Å². The average molecular weight is 651 g/mol. The lowest BCUT2D eigenvalue weighted by Gasteiger charge is -2.56. The van der Waals surface area contributed by atoms with Gasteiger partial charge in [0.1, 0.15) is 24.4 Å². The Kier molecular flexibility index (Phi) is 11.8. The molecule has 6 rings (SSSR count). The molecule has 2 aliphatic heterocycles. The Morgan fingerprint density at radius 1 is 0.583 bits per heavy atom. The second kappa shape index (κ2) is 16.4. The van der Waals surface area contributed by atoms with Gasteiger partial charge in [-0.15, -0.1) is 0 Å². The van der Waals surface area contributed by atoms with Crippen molar-refractivity contribution < 1.29 is 28.4 Å². The van der Waals surface area contributed by atoms with Gasteiger partial charge in [-0.25, -0.2) is 0 Å². The molecular formula is C42H50O6. The molecule has 0 radical (unpaired) electrons. The van der Waals surface area contributed by atoms with Crippen molar-refractivity contribution in [2.75, 3.05) is 6.61 Å². The Hall–Kier alpha value is -3.36. The van der Waals surface area contributed by atoms with E-state index in [0.29, 0.717) is 39.5 Å². The van der Waals surface area contributed by atoms with E-state index < -0.39 is 30.2 Å². The second-order valence-electron chi connectivity index (χ2n) is 14.1. The Morgan fingerprint density at radius 2 is 1.04 bits per heavy atom. The third kappa shape index (κ3) is 9.00. The molecule has 0 N–H and O–H groups in total. The molecule has 0 aromatic heterocycles. The van der Waals surface area contributed by atoms with Crippen molar-refractivity contribution in [1.82, 2.24) is 0 Å². The predicted molar refractivity (Wildman–Crippen MR) is 187 cm³/mol. The summed E-state index contributed by atoms with van der Waals surface area (Å²) >= 11 is 0. The van der Waals surface area contributed by atoms with Crippen molar-refractivity contribution in [2.45, 2.75) is 103 Å². The zero-order valence-corrected chi connectivity index (χ0v) is 28.5. The van der Waals surface area contributed by atoms with Crippen LogP contribution in [0.4, 0.5) is 0 Å². The van der Waals surface area contributed by atoms with E-state index in [4.69, 9.17) is 28.4 Å². The van der Waals surface area contributed by atoms with Gasteiger partial charge in [0.15, 0.2) is 5.79 Å². The Labute approximate surface area is 286 Å². The molecule has 4 aromatic rings. The van der Waals surface area contributed by atoms with Crippen molar-refractivity contribution in [3.63, 3.8) is 0 Å². The minimum Gasteiger partial charge on any atom is -0.374 e. The molecule has 2 fully saturated rings. The number of benzene rings is 4. The first kappa shape index (κ1) is 34.5. The van der Waals surface area contributed by atoms with Gasteiger partial charge in [-0.05, 0) is 40.5 Å². The molecule has 6 nitrogen and oxygen atoms in total. The molecule has 6 atom stereocenters. The van der Waals surface area contributed by atoms with Crippen LogP contribution in [0.15, 0.2) is 121 Å². The first-order valence-corrected chi connectivity index (χ1v) is 17.3. The maximum atomic E-state index is 7.19. The van der Waals surface area contributed by atoms with Crippen LogP contribution in [0.25, 0.3) is 0 Å². The Bertz CT molecular complexity index is 1490. The normalized spacial score (nSPS) is 26.0. The molecule has 2 aliphatic rings. The van der Waals surface area contributed by atoms with E-state index in [-0.39, 0.29) is 11.5 Å². The van der Waals surface area contributed by atoms with E-state index in [1.807, 2.05) is 72.8 Å². The van der Waals surface area contributed by atoms with E-state index in [1.165, 1.54) is 0 Å². The van der Waals surface area contributed by atoms with Crippen LogP contribution in [0.3, 0.4) is 0 Å². The number of hydrogen-bond acceptors (Lipinski definition) is 6. The first-order chi connectivity index (χ1) is 23.4. The Morgan fingerprint density at radius 3 is 1.54 bits per heavy atom. The monoisotopic (exact) mass is 650 g/mol. The molecule has 2 saturated heterocycles. The summed E-state index contributed by atoms with van der Waals surface area (Å²) in [6, 6.07) is 41.0. The number of ether oxygens (including phenoxy) is 6. The van der Waals surface area contributed by atoms with Crippen molar-refractivity contribution in [2.24, 2.45) is 5.41 Å². The highest BCUT2D eigenvalue weighted by Crippen LogP contribution is 2.46. The summed E-state index contributed by atoms with van der Waals surface area (Å²) in [5, 5.41) is 0. The van der Waals surface area contributed by atoms with Gasteiger partial charge >= 0.3 is 0 Å². The molecule has 0 amide bonds. The predicted octanol–water partition coefficient (Wildman–Crippen LogP) is 8.67. The topological polar surface area (TPSA) is 55.4 Å². The van der Waals surface area contributed by atoms with Crippen LogP contribution in [0.1, 0.15) is 62.3 Å². The molecule has 0 unspecified atom stereocenters. The maximum Gasteiger partial charge on any atom is 0.198 e. The molecule has 48 heavy (non-hydrogen) atoms. The van der Waals surface area contributed by atoms with Gasteiger partial charge in [0.05, 0.1) is 39.1 Å². The summed E-state index contributed by atoms with van der Waals surface area (Å²) in [4.78, 5) is 0. The molecule has 2 heterocycles. The van der Waals surface area contributed by atoms with Crippen molar-refractivity contribution >= 4 is 0 Å². The molecule has 4 aromatic carbocycles. The molecule has 254 valence electrons. The molecule has 0 bridgehead atoms. The quantitative estimate of drug-likeness (QED) is 0.144. The lowest BCUT2D eigenvalue weighted by molar-refractivity contribution is -0.407. The SMILES string of the molecule is CC(C)(C)[C@@H]1CCC[C@@]2(O[C@@H](COCc3ccccc3)[C@H](OCc3ccccc3)[C@@H](OCc3ccccc3)[C@@H]2OCc2ccccc2)O1. The molecule has 0 aliphatic carbocycles. The summed E-state index contributed by atoms with van der Waals surface area (Å²) in [5.74, 6) is -1.04. The maximum absolute atomic E-state index is 7.19. The highest BCUT2D eigenvalue weighted by atomic mass is 16.7. The van der Waals surface area contributed by atoms with Crippen LogP contribution in [-0.2, 0) is 54.8 Å². The minimum absolute atomic E-state index is 0.0171. The van der Waals surface area contributed by atoms with Crippen molar-refractivity contribution in [3.05, 3.63) is 144 Å². The van der Waals surface area contributed by atoms with Crippen LogP contribution in [0, 0.1) is 5.41 Å². The molecule has 0 saturated carbocycles. The van der Waals surface area contributed by atoms with Crippen molar-refractivity contribution in [1.29, 1.82) is 0 Å². The fourth-order valence-electron chi connectivity index (χ4n) is 6.72. The molecular weight excluding hydrogens is 600 g/mol. The smallest absolute Gasteiger partial charge is 0.198 e.